The summed E-state index contributed by atoms with van der Waals surface area (Å²) in [6.07, 6.45) is 4.84. The van der Waals surface area contributed by atoms with E-state index in [1.165, 1.54) is 6.07 Å². The van der Waals surface area contributed by atoms with Crippen LogP contribution < -0.4 is 11.2 Å². The Morgan fingerprint density at radius 2 is 2.05 bits per heavy atom. The SMILES string of the molecule is NCC1CCCCN1C(=O)Cn1ccc(=O)c2ccccc21. The summed E-state index contributed by atoms with van der Waals surface area (Å²) in [4.78, 5) is 26.4. The van der Waals surface area contributed by atoms with Gasteiger partial charge in [0.05, 0.1) is 5.52 Å². The number of pyridine rings is 1. The van der Waals surface area contributed by atoms with Crippen molar-refractivity contribution in [2.45, 2.75) is 31.8 Å². The fourth-order valence-electron chi connectivity index (χ4n) is 3.21. The molecule has 5 heteroatoms. The maximum absolute atomic E-state index is 12.6. The number of hydrogen-bond acceptors (Lipinski definition) is 3. The molecule has 0 radical (unpaired) electrons. The lowest BCUT2D eigenvalue weighted by Gasteiger charge is -2.35. The number of hydrogen-bond donors (Lipinski definition) is 1. The first-order valence-corrected chi connectivity index (χ1v) is 7.78. The molecular weight excluding hydrogens is 278 g/mol. The van der Waals surface area contributed by atoms with E-state index in [2.05, 4.69) is 0 Å². The van der Waals surface area contributed by atoms with Gasteiger partial charge in [-0.3, -0.25) is 9.59 Å². The number of nitrogens with two attached hydrogens (primary N) is 1. The van der Waals surface area contributed by atoms with Crippen LogP contribution in [0.2, 0.25) is 0 Å². The third-order valence-corrected chi connectivity index (χ3v) is 4.41. The molecule has 2 heterocycles. The molecule has 2 aromatic rings. The average Bonchev–Trinajstić information content (AvgIpc) is 2.57. The maximum Gasteiger partial charge on any atom is 0.242 e. The maximum atomic E-state index is 12.6. The van der Waals surface area contributed by atoms with Gasteiger partial charge >= 0.3 is 0 Å². The molecule has 5 nitrogen and oxygen atoms in total. The summed E-state index contributed by atoms with van der Waals surface area (Å²) in [6.45, 7) is 1.53. The third-order valence-electron chi connectivity index (χ3n) is 4.41. The first kappa shape index (κ1) is 14.8. The molecule has 1 aromatic heterocycles. The molecule has 0 bridgehead atoms. The Bertz CT molecular complexity index is 738. The lowest BCUT2D eigenvalue weighted by molar-refractivity contribution is -0.135. The van der Waals surface area contributed by atoms with Crippen LogP contribution in [-0.4, -0.2) is 34.5 Å². The van der Waals surface area contributed by atoms with E-state index < -0.39 is 0 Å². The van der Waals surface area contributed by atoms with Gasteiger partial charge in [0.25, 0.3) is 0 Å². The molecule has 1 unspecified atom stereocenters. The van der Waals surface area contributed by atoms with Crippen molar-refractivity contribution < 1.29 is 4.79 Å². The quantitative estimate of drug-likeness (QED) is 0.930. The number of benzene rings is 1. The highest BCUT2D eigenvalue weighted by molar-refractivity contribution is 5.82. The molecule has 1 saturated heterocycles. The van der Waals surface area contributed by atoms with E-state index >= 15 is 0 Å². The lowest BCUT2D eigenvalue weighted by atomic mass is 10.0. The summed E-state index contributed by atoms with van der Waals surface area (Å²) >= 11 is 0. The fraction of sp³-hybridized carbons (Fsp3) is 0.412. The van der Waals surface area contributed by atoms with Crippen LogP contribution in [0.5, 0.6) is 0 Å². The number of carbonyl (C=O) groups is 1. The molecule has 1 aromatic carbocycles. The largest absolute Gasteiger partial charge is 0.338 e. The van der Waals surface area contributed by atoms with Crippen LogP contribution in [-0.2, 0) is 11.3 Å². The molecule has 0 spiro atoms. The molecule has 1 atom stereocenters. The number of fused-ring (bicyclic) bond motifs is 1. The van der Waals surface area contributed by atoms with Crippen molar-refractivity contribution in [1.82, 2.24) is 9.47 Å². The van der Waals surface area contributed by atoms with Crippen molar-refractivity contribution >= 4 is 16.8 Å². The lowest BCUT2D eigenvalue weighted by Crippen LogP contribution is -2.48. The van der Waals surface area contributed by atoms with Gasteiger partial charge in [-0.2, -0.15) is 0 Å². The van der Waals surface area contributed by atoms with Crippen LogP contribution in [0.3, 0.4) is 0 Å². The molecule has 1 amide bonds. The Kier molecular flexibility index (Phi) is 4.24. The van der Waals surface area contributed by atoms with Gasteiger partial charge in [-0.05, 0) is 31.4 Å². The molecule has 0 saturated carbocycles. The van der Waals surface area contributed by atoms with E-state index in [9.17, 15) is 9.59 Å². The normalized spacial score (nSPS) is 18.6. The molecule has 1 aliphatic heterocycles. The minimum absolute atomic E-state index is 0.0166. The van der Waals surface area contributed by atoms with Crippen molar-refractivity contribution in [3.63, 3.8) is 0 Å². The van der Waals surface area contributed by atoms with Crippen molar-refractivity contribution in [1.29, 1.82) is 0 Å². The number of para-hydroxylation sites is 1. The Morgan fingerprint density at radius 1 is 1.23 bits per heavy atom. The van der Waals surface area contributed by atoms with Gasteiger partial charge in [-0.25, -0.2) is 0 Å². The summed E-state index contributed by atoms with van der Waals surface area (Å²) in [6, 6.07) is 9.05. The van der Waals surface area contributed by atoms with Crippen molar-refractivity contribution in [2.75, 3.05) is 13.1 Å². The van der Waals surface area contributed by atoms with E-state index in [0.717, 1.165) is 31.3 Å². The smallest absolute Gasteiger partial charge is 0.242 e. The number of likely N-dealkylation sites (tertiary alicyclic amines) is 1. The van der Waals surface area contributed by atoms with Crippen LogP contribution in [0, 0.1) is 0 Å². The van der Waals surface area contributed by atoms with Crippen molar-refractivity contribution in [2.24, 2.45) is 5.73 Å². The van der Waals surface area contributed by atoms with E-state index in [-0.39, 0.29) is 23.9 Å². The average molecular weight is 299 g/mol. The predicted octanol–water partition coefficient (Wildman–Crippen LogP) is 1.34. The van der Waals surface area contributed by atoms with Gasteiger partial charge in [0.2, 0.25) is 5.91 Å². The van der Waals surface area contributed by atoms with Crippen LogP contribution in [0.1, 0.15) is 19.3 Å². The third kappa shape index (κ3) is 2.76. The molecule has 116 valence electrons. The molecule has 22 heavy (non-hydrogen) atoms. The number of nitrogens with zero attached hydrogens (tertiary/aromatic N) is 2. The molecule has 1 fully saturated rings. The molecule has 0 aliphatic carbocycles. The zero-order valence-electron chi connectivity index (χ0n) is 12.6. The number of aromatic nitrogens is 1. The number of rotatable bonds is 3. The number of piperidine rings is 1. The van der Waals surface area contributed by atoms with Gasteiger partial charge in [-0.15, -0.1) is 0 Å². The molecule has 3 rings (SSSR count). The topological polar surface area (TPSA) is 68.3 Å². The second-order valence-corrected chi connectivity index (χ2v) is 5.80. The first-order valence-electron chi connectivity index (χ1n) is 7.78. The van der Waals surface area contributed by atoms with E-state index in [0.29, 0.717) is 11.9 Å². The summed E-state index contributed by atoms with van der Waals surface area (Å²) in [5.74, 6) is 0.0731. The Morgan fingerprint density at radius 3 is 2.86 bits per heavy atom. The Balaban J connectivity index is 1.88. The van der Waals surface area contributed by atoms with Crippen molar-refractivity contribution in [3.05, 3.63) is 46.8 Å². The van der Waals surface area contributed by atoms with Crippen LogP contribution in [0.25, 0.3) is 10.9 Å². The summed E-state index contributed by atoms with van der Waals surface area (Å²) in [7, 11) is 0. The highest BCUT2D eigenvalue weighted by atomic mass is 16.2. The number of carbonyl (C=O) groups excluding carboxylic acids is 1. The monoisotopic (exact) mass is 299 g/mol. The summed E-state index contributed by atoms with van der Waals surface area (Å²) in [5.41, 5.74) is 6.57. The van der Waals surface area contributed by atoms with E-state index in [1.54, 1.807) is 12.3 Å². The number of amides is 1. The van der Waals surface area contributed by atoms with Gasteiger partial charge in [0, 0.05) is 36.8 Å². The van der Waals surface area contributed by atoms with Crippen LogP contribution in [0.15, 0.2) is 41.3 Å². The standard InChI is InChI=1S/C17H21N3O2/c18-11-13-5-3-4-9-20(13)17(22)12-19-10-8-16(21)14-6-1-2-7-15(14)19/h1-2,6-8,10,13H,3-5,9,11-12,18H2. The zero-order valence-corrected chi connectivity index (χ0v) is 12.6. The molecule has 2 N–H and O–H groups in total. The van der Waals surface area contributed by atoms with Gasteiger partial charge in [-0.1, -0.05) is 12.1 Å². The first-order chi connectivity index (χ1) is 10.7. The second-order valence-electron chi connectivity index (χ2n) is 5.80. The minimum atomic E-state index is -0.0166. The Labute approximate surface area is 129 Å². The zero-order chi connectivity index (χ0) is 15.5. The molecular formula is C17H21N3O2. The van der Waals surface area contributed by atoms with Gasteiger partial charge < -0.3 is 15.2 Å². The van der Waals surface area contributed by atoms with Gasteiger partial charge in [0.15, 0.2) is 5.43 Å². The van der Waals surface area contributed by atoms with Crippen LogP contribution >= 0.6 is 0 Å². The van der Waals surface area contributed by atoms with Crippen molar-refractivity contribution in [3.8, 4) is 0 Å². The van der Waals surface area contributed by atoms with Gasteiger partial charge in [0.1, 0.15) is 6.54 Å². The van der Waals surface area contributed by atoms with Crippen LogP contribution in [0.4, 0.5) is 0 Å². The Hall–Kier alpha value is -2.14. The highest BCUT2D eigenvalue weighted by Crippen LogP contribution is 2.17. The second kappa shape index (κ2) is 6.32. The minimum Gasteiger partial charge on any atom is -0.338 e. The predicted molar refractivity (Wildman–Crippen MR) is 86.6 cm³/mol. The van der Waals surface area contributed by atoms with E-state index in [4.69, 9.17) is 5.73 Å². The fourth-order valence-corrected chi connectivity index (χ4v) is 3.21. The molecule has 1 aliphatic rings. The summed E-state index contributed by atoms with van der Waals surface area (Å²) < 4.78 is 1.85. The van der Waals surface area contributed by atoms with E-state index in [1.807, 2.05) is 27.7 Å². The highest BCUT2D eigenvalue weighted by Gasteiger charge is 2.25. The summed E-state index contributed by atoms with van der Waals surface area (Å²) in [5, 5.41) is 0.645.